The predicted octanol–water partition coefficient (Wildman–Crippen LogP) is 1.32. The summed E-state index contributed by atoms with van der Waals surface area (Å²) in [6, 6.07) is 8.42. The van der Waals surface area contributed by atoms with E-state index < -0.39 is 17.8 Å². The third kappa shape index (κ3) is 5.46. The van der Waals surface area contributed by atoms with Crippen molar-refractivity contribution in [3.8, 4) is 0 Å². The highest BCUT2D eigenvalue weighted by atomic mass is 16.5. The predicted molar refractivity (Wildman–Crippen MR) is 83.0 cm³/mol. The Hall–Kier alpha value is -2.83. The van der Waals surface area contributed by atoms with Crippen LogP contribution in [0, 0.1) is 0 Å². The van der Waals surface area contributed by atoms with Crippen LogP contribution in [-0.4, -0.2) is 31.1 Å². The van der Waals surface area contributed by atoms with Crippen LogP contribution in [0.25, 0.3) is 0 Å². The normalized spacial score (nSPS) is 11.1. The van der Waals surface area contributed by atoms with Crippen molar-refractivity contribution < 1.29 is 23.9 Å². The second-order valence-corrected chi connectivity index (χ2v) is 4.39. The third-order valence-electron chi connectivity index (χ3n) is 2.77. The molecule has 1 amide bonds. The molecular formula is C16H20N2O5. The van der Waals surface area contributed by atoms with E-state index in [1.165, 1.54) is 6.92 Å². The van der Waals surface area contributed by atoms with Gasteiger partial charge in [0.15, 0.2) is 0 Å². The molecule has 0 unspecified atom stereocenters. The van der Waals surface area contributed by atoms with Crippen molar-refractivity contribution in [1.29, 1.82) is 0 Å². The van der Waals surface area contributed by atoms with Crippen LogP contribution in [-0.2, 0) is 19.1 Å². The van der Waals surface area contributed by atoms with Gasteiger partial charge < -0.3 is 9.47 Å². The average molecular weight is 320 g/mol. The standard InChI is InChI=1S/C16H20N2O5/c1-4-22-15(20)11(3)13(16(21)23-5-2)17-18-14(19)12-9-7-6-8-10-12/h6-10,17H,4-5H2,1-3H3,(H,18,19)/b13-11+. The minimum Gasteiger partial charge on any atom is -0.463 e. The zero-order valence-electron chi connectivity index (χ0n) is 13.3. The van der Waals surface area contributed by atoms with Crippen LogP contribution in [0.5, 0.6) is 0 Å². The van der Waals surface area contributed by atoms with Crippen LogP contribution in [0.4, 0.5) is 0 Å². The zero-order valence-corrected chi connectivity index (χ0v) is 13.3. The lowest BCUT2D eigenvalue weighted by Crippen LogP contribution is -2.40. The first-order chi connectivity index (χ1) is 11.0. The summed E-state index contributed by atoms with van der Waals surface area (Å²) in [5.41, 5.74) is 5.05. The van der Waals surface area contributed by atoms with E-state index in [4.69, 9.17) is 9.47 Å². The topological polar surface area (TPSA) is 93.7 Å². The quantitative estimate of drug-likeness (QED) is 0.447. The molecule has 0 spiro atoms. The summed E-state index contributed by atoms with van der Waals surface area (Å²) >= 11 is 0. The van der Waals surface area contributed by atoms with E-state index in [9.17, 15) is 14.4 Å². The Morgan fingerprint density at radius 3 is 2.04 bits per heavy atom. The van der Waals surface area contributed by atoms with Gasteiger partial charge in [-0.2, -0.15) is 0 Å². The van der Waals surface area contributed by atoms with Crippen molar-refractivity contribution in [1.82, 2.24) is 10.9 Å². The SMILES string of the molecule is CCOC(=O)/C(C)=C(/NNC(=O)c1ccccc1)C(=O)OCC. The maximum absolute atomic E-state index is 12.0. The first-order valence-corrected chi connectivity index (χ1v) is 7.17. The molecule has 0 bridgehead atoms. The summed E-state index contributed by atoms with van der Waals surface area (Å²) in [5, 5.41) is 0. The molecule has 0 saturated carbocycles. The Labute approximate surface area is 134 Å². The summed E-state index contributed by atoms with van der Waals surface area (Å²) in [4.78, 5) is 35.7. The number of carbonyl (C=O) groups is 3. The molecule has 2 N–H and O–H groups in total. The van der Waals surface area contributed by atoms with Gasteiger partial charge in [-0.05, 0) is 32.9 Å². The number of hydrogen-bond donors (Lipinski definition) is 2. The number of hydrogen-bond acceptors (Lipinski definition) is 6. The van der Waals surface area contributed by atoms with Gasteiger partial charge in [0.05, 0.1) is 18.8 Å². The minimum absolute atomic E-state index is 0.0126. The maximum atomic E-state index is 12.0. The van der Waals surface area contributed by atoms with Gasteiger partial charge in [-0.15, -0.1) is 0 Å². The van der Waals surface area contributed by atoms with Gasteiger partial charge in [0.2, 0.25) is 0 Å². The number of ether oxygens (including phenoxy) is 2. The van der Waals surface area contributed by atoms with Crippen molar-refractivity contribution in [3.63, 3.8) is 0 Å². The molecule has 0 radical (unpaired) electrons. The summed E-state index contributed by atoms with van der Waals surface area (Å²) < 4.78 is 9.72. The third-order valence-corrected chi connectivity index (χ3v) is 2.77. The van der Waals surface area contributed by atoms with E-state index in [0.29, 0.717) is 5.56 Å². The molecule has 0 aliphatic heterocycles. The lowest BCUT2D eigenvalue weighted by atomic mass is 10.2. The van der Waals surface area contributed by atoms with Gasteiger partial charge in [0.1, 0.15) is 5.70 Å². The lowest BCUT2D eigenvalue weighted by Gasteiger charge is -2.14. The molecule has 0 fully saturated rings. The molecule has 1 aromatic rings. The molecule has 0 aliphatic rings. The molecule has 7 heteroatoms. The molecule has 124 valence electrons. The van der Waals surface area contributed by atoms with Crippen molar-refractivity contribution >= 4 is 17.8 Å². The fraction of sp³-hybridized carbons (Fsp3) is 0.312. The molecule has 23 heavy (non-hydrogen) atoms. The Bertz CT molecular complexity index is 596. The number of hydrazine groups is 1. The Morgan fingerprint density at radius 1 is 0.913 bits per heavy atom. The zero-order chi connectivity index (χ0) is 17.2. The van der Waals surface area contributed by atoms with Crippen LogP contribution < -0.4 is 10.9 Å². The first-order valence-electron chi connectivity index (χ1n) is 7.17. The van der Waals surface area contributed by atoms with Crippen molar-refractivity contribution in [2.45, 2.75) is 20.8 Å². The van der Waals surface area contributed by atoms with E-state index in [1.807, 2.05) is 0 Å². The van der Waals surface area contributed by atoms with E-state index in [0.717, 1.165) is 0 Å². The first kappa shape index (κ1) is 18.2. The molecule has 0 saturated heterocycles. The number of amides is 1. The summed E-state index contributed by atoms with van der Waals surface area (Å²) in [5.74, 6) is -1.88. The second-order valence-electron chi connectivity index (χ2n) is 4.39. The fourth-order valence-electron chi connectivity index (χ4n) is 1.62. The highest BCUT2D eigenvalue weighted by molar-refractivity contribution is 6.00. The molecule has 0 aliphatic carbocycles. The van der Waals surface area contributed by atoms with Gasteiger partial charge in [-0.25, -0.2) is 9.59 Å². The van der Waals surface area contributed by atoms with Gasteiger partial charge >= 0.3 is 11.9 Å². The van der Waals surface area contributed by atoms with E-state index >= 15 is 0 Å². The Morgan fingerprint density at radius 2 is 1.48 bits per heavy atom. The van der Waals surface area contributed by atoms with Crippen LogP contribution >= 0.6 is 0 Å². The molecular weight excluding hydrogens is 300 g/mol. The summed E-state index contributed by atoms with van der Waals surface area (Å²) in [7, 11) is 0. The van der Waals surface area contributed by atoms with E-state index in [1.54, 1.807) is 44.2 Å². The smallest absolute Gasteiger partial charge is 0.356 e. The maximum Gasteiger partial charge on any atom is 0.356 e. The Balaban J connectivity index is 2.89. The fourth-order valence-corrected chi connectivity index (χ4v) is 1.62. The number of esters is 2. The van der Waals surface area contributed by atoms with Gasteiger partial charge in [-0.1, -0.05) is 18.2 Å². The van der Waals surface area contributed by atoms with Gasteiger partial charge in [0.25, 0.3) is 5.91 Å². The van der Waals surface area contributed by atoms with Crippen LogP contribution in [0.2, 0.25) is 0 Å². The lowest BCUT2D eigenvalue weighted by molar-refractivity contribution is -0.142. The van der Waals surface area contributed by atoms with E-state index in [-0.39, 0.29) is 24.5 Å². The molecule has 0 atom stereocenters. The van der Waals surface area contributed by atoms with Gasteiger partial charge in [-0.3, -0.25) is 15.6 Å². The highest BCUT2D eigenvalue weighted by Crippen LogP contribution is 2.06. The van der Waals surface area contributed by atoms with Crippen molar-refractivity contribution in [2.75, 3.05) is 13.2 Å². The van der Waals surface area contributed by atoms with Crippen LogP contribution in [0.3, 0.4) is 0 Å². The van der Waals surface area contributed by atoms with Gasteiger partial charge in [0, 0.05) is 5.56 Å². The molecule has 0 heterocycles. The molecule has 1 aromatic carbocycles. The molecule has 1 rings (SSSR count). The minimum atomic E-state index is -0.758. The summed E-state index contributed by atoms with van der Waals surface area (Å²) in [6.45, 7) is 5.00. The number of nitrogens with one attached hydrogen (secondary N) is 2. The van der Waals surface area contributed by atoms with Crippen molar-refractivity contribution in [3.05, 3.63) is 47.2 Å². The number of rotatable bonds is 7. The van der Waals surface area contributed by atoms with E-state index in [2.05, 4.69) is 10.9 Å². The largest absolute Gasteiger partial charge is 0.463 e. The monoisotopic (exact) mass is 320 g/mol. The summed E-state index contributed by atoms with van der Waals surface area (Å²) in [6.07, 6.45) is 0. The number of carbonyl (C=O) groups excluding carboxylic acids is 3. The number of benzene rings is 1. The average Bonchev–Trinajstić information content (AvgIpc) is 2.56. The second kappa shape index (κ2) is 9.24. The molecule has 0 aromatic heterocycles. The highest BCUT2D eigenvalue weighted by Gasteiger charge is 2.20. The molecule has 7 nitrogen and oxygen atoms in total. The Kier molecular flexibility index (Phi) is 7.32. The van der Waals surface area contributed by atoms with Crippen molar-refractivity contribution in [2.24, 2.45) is 0 Å². The van der Waals surface area contributed by atoms with Crippen LogP contribution in [0.1, 0.15) is 31.1 Å². The van der Waals surface area contributed by atoms with Crippen LogP contribution in [0.15, 0.2) is 41.6 Å².